The van der Waals surface area contributed by atoms with Gasteiger partial charge in [0.15, 0.2) is 0 Å². The van der Waals surface area contributed by atoms with Gasteiger partial charge in [0.1, 0.15) is 23.9 Å². The molecule has 2 N–H and O–H groups in total. The van der Waals surface area contributed by atoms with Crippen molar-refractivity contribution in [1.29, 1.82) is 0 Å². The number of hydrogen-bond acceptors (Lipinski definition) is 5. The average Bonchev–Trinajstić information content (AvgIpc) is 2.66. The summed E-state index contributed by atoms with van der Waals surface area (Å²) in [6, 6.07) is 15.0. The van der Waals surface area contributed by atoms with Crippen LogP contribution in [0, 0.1) is 0 Å². The largest absolute Gasteiger partial charge is 0.497 e. The van der Waals surface area contributed by atoms with Gasteiger partial charge in [0.25, 0.3) is 0 Å². The highest BCUT2D eigenvalue weighted by atomic mass is 16.5. The molecule has 0 bridgehead atoms. The van der Waals surface area contributed by atoms with Crippen LogP contribution in [0.3, 0.4) is 0 Å². The second kappa shape index (κ2) is 10.3. The molecular formula is C20H26N2O4. The molecule has 1 amide bonds. The first-order valence-electron chi connectivity index (χ1n) is 8.55. The monoisotopic (exact) mass is 358 g/mol. The van der Waals surface area contributed by atoms with E-state index in [0.717, 1.165) is 5.75 Å². The summed E-state index contributed by atoms with van der Waals surface area (Å²) in [5, 5.41) is 6.15. The summed E-state index contributed by atoms with van der Waals surface area (Å²) in [7, 11) is 3.14. The van der Waals surface area contributed by atoms with Gasteiger partial charge < -0.3 is 24.8 Å². The van der Waals surface area contributed by atoms with Crippen molar-refractivity contribution in [2.45, 2.75) is 19.4 Å². The van der Waals surface area contributed by atoms with E-state index < -0.39 is 0 Å². The van der Waals surface area contributed by atoms with Crippen LogP contribution < -0.4 is 24.8 Å². The Bertz CT molecular complexity index is 691. The summed E-state index contributed by atoms with van der Waals surface area (Å²) >= 11 is 0. The molecule has 26 heavy (non-hydrogen) atoms. The Morgan fingerprint density at radius 2 is 1.81 bits per heavy atom. The predicted molar refractivity (Wildman–Crippen MR) is 102 cm³/mol. The zero-order valence-electron chi connectivity index (χ0n) is 15.5. The first-order valence-corrected chi connectivity index (χ1v) is 8.55. The second-order valence-corrected chi connectivity index (χ2v) is 5.84. The van der Waals surface area contributed by atoms with Crippen LogP contribution in [0.15, 0.2) is 48.5 Å². The Morgan fingerprint density at radius 3 is 2.50 bits per heavy atom. The number of nitrogens with one attached hydrogen (secondary N) is 2. The van der Waals surface area contributed by atoms with Gasteiger partial charge in [-0.1, -0.05) is 18.2 Å². The molecule has 0 spiro atoms. The molecule has 2 aromatic rings. The van der Waals surface area contributed by atoms with Gasteiger partial charge in [-0.2, -0.15) is 0 Å². The van der Waals surface area contributed by atoms with Crippen molar-refractivity contribution >= 4 is 11.6 Å². The molecule has 0 aliphatic heterocycles. The normalized spacial score (nSPS) is 11.5. The van der Waals surface area contributed by atoms with Gasteiger partial charge in [-0.25, -0.2) is 0 Å². The number of methoxy groups -OCH3 is 2. The SMILES string of the molecule is COc1ccc(NC(=O)CC(C)NCCOc2ccccc2)c(OC)c1. The summed E-state index contributed by atoms with van der Waals surface area (Å²) in [6.45, 7) is 3.17. The Morgan fingerprint density at radius 1 is 1.04 bits per heavy atom. The van der Waals surface area contributed by atoms with Gasteiger partial charge >= 0.3 is 0 Å². The molecule has 1 atom stereocenters. The summed E-state index contributed by atoms with van der Waals surface area (Å²) in [5.41, 5.74) is 0.623. The van der Waals surface area contributed by atoms with Crippen LogP contribution >= 0.6 is 0 Å². The summed E-state index contributed by atoms with van der Waals surface area (Å²) < 4.78 is 16.1. The number of amides is 1. The molecule has 0 saturated heterocycles. The molecule has 0 aliphatic rings. The van der Waals surface area contributed by atoms with Gasteiger partial charge in [-0.3, -0.25) is 4.79 Å². The van der Waals surface area contributed by atoms with Gasteiger partial charge in [0.2, 0.25) is 5.91 Å². The maximum Gasteiger partial charge on any atom is 0.226 e. The number of carbonyl (C=O) groups is 1. The number of hydrogen-bond donors (Lipinski definition) is 2. The highest BCUT2D eigenvalue weighted by molar-refractivity contribution is 5.92. The Balaban J connectivity index is 1.73. The van der Waals surface area contributed by atoms with Crippen LogP contribution in [0.2, 0.25) is 0 Å². The maximum absolute atomic E-state index is 12.2. The van der Waals surface area contributed by atoms with Gasteiger partial charge in [0, 0.05) is 25.1 Å². The van der Waals surface area contributed by atoms with E-state index in [9.17, 15) is 4.79 Å². The number of benzene rings is 2. The number of rotatable bonds is 10. The molecule has 0 radical (unpaired) electrons. The highest BCUT2D eigenvalue weighted by Crippen LogP contribution is 2.29. The molecule has 1 unspecified atom stereocenters. The molecule has 0 heterocycles. The fourth-order valence-electron chi connectivity index (χ4n) is 2.44. The van der Waals surface area contributed by atoms with Crippen molar-refractivity contribution < 1.29 is 19.0 Å². The van der Waals surface area contributed by atoms with E-state index in [1.165, 1.54) is 0 Å². The van der Waals surface area contributed by atoms with E-state index >= 15 is 0 Å². The molecule has 2 aromatic carbocycles. The smallest absolute Gasteiger partial charge is 0.226 e. The fourth-order valence-corrected chi connectivity index (χ4v) is 2.44. The third-order valence-electron chi connectivity index (χ3n) is 3.78. The van der Waals surface area contributed by atoms with Crippen molar-refractivity contribution in [1.82, 2.24) is 5.32 Å². The zero-order valence-corrected chi connectivity index (χ0v) is 15.5. The standard InChI is InChI=1S/C20H26N2O4/c1-15(21-11-12-26-16-7-5-4-6-8-16)13-20(23)22-18-10-9-17(24-2)14-19(18)25-3/h4-10,14-15,21H,11-13H2,1-3H3,(H,22,23). The minimum atomic E-state index is -0.0857. The minimum Gasteiger partial charge on any atom is -0.497 e. The van der Waals surface area contributed by atoms with E-state index in [1.807, 2.05) is 37.3 Å². The van der Waals surface area contributed by atoms with Crippen LogP contribution in [-0.2, 0) is 4.79 Å². The van der Waals surface area contributed by atoms with Crippen molar-refractivity contribution in [3.05, 3.63) is 48.5 Å². The second-order valence-electron chi connectivity index (χ2n) is 5.84. The van der Waals surface area contributed by atoms with Crippen molar-refractivity contribution in [2.24, 2.45) is 0 Å². The summed E-state index contributed by atoms with van der Waals surface area (Å²) in [6.07, 6.45) is 0.348. The molecule has 0 aromatic heterocycles. The van der Waals surface area contributed by atoms with Crippen LogP contribution in [0.4, 0.5) is 5.69 Å². The third kappa shape index (κ3) is 6.29. The van der Waals surface area contributed by atoms with Crippen molar-refractivity contribution in [2.75, 3.05) is 32.7 Å². The molecule has 2 rings (SSSR count). The third-order valence-corrected chi connectivity index (χ3v) is 3.78. The van der Waals surface area contributed by atoms with Crippen LogP contribution in [0.1, 0.15) is 13.3 Å². The van der Waals surface area contributed by atoms with Crippen LogP contribution in [0.25, 0.3) is 0 Å². The minimum absolute atomic E-state index is 0.0265. The number of carbonyl (C=O) groups excluding carboxylic acids is 1. The summed E-state index contributed by atoms with van der Waals surface area (Å²) in [4.78, 5) is 12.2. The van der Waals surface area contributed by atoms with Gasteiger partial charge in [0.05, 0.1) is 19.9 Å². The average molecular weight is 358 g/mol. The van der Waals surface area contributed by atoms with Crippen LogP contribution in [0.5, 0.6) is 17.2 Å². The Kier molecular flexibility index (Phi) is 7.76. The van der Waals surface area contributed by atoms with E-state index in [4.69, 9.17) is 14.2 Å². The molecule has 0 fully saturated rings. The molecular weight excluding hydrogens is 332 g/mol. The molecule has 6 heteroatoms. The maximum atomic E-state index is 12.2. The topological polar surface area (TPSA) is 68.8 Å². The molecule has 6 nitrogen and oxygen atoms in total. The molecule has 140 valence electrons. The summed E-state index contributed by atoms with van der Waals surface area (Å²) in [5.74, 6) is 1.99. The van der Waals surface area contributed by atoms with Gasteiger partial charge in [-0.05, 0) is 31.2 Å². The Labute approximate surface area is 154 Å². The van der Waals surface area contributed by atoms with E-state index in [2.05, 4.69) is 10.6 Å². The van der Waals surface area contributed by atoms with E-state index in [1.54, 1.807) is 32.4 Å². The number of para-hydroxylation sites is 1. The van der Waals surface area contributed by atoms with Crippen molar-refractivity contribution in [3.8, 4) is 17.2 Å². The first kappa shape index (κ1) is 19.6. The molecule has 0 saturated carbocycles. The van der Waals surface area contributed by atoms with Crippen molar-refractivity contribution in [3.63, 3.8) is 0 Å². The number of ether oxygens (including phenoxy) is 3. The lowest BCUT2D eigenvalue weighted by atomic mass is 10.2. The van der Waals surface area contributed by atoms with Crippen LogP contribution in [-0.4, -0.2) is 39.3 Å². The van der Waals surface area contributed by atoms with Gasteiger partial charge in [-0.15, -0.1) is 0 Å². The van der Waals surface area contributed by atoms with E-state index in [-0.39, 0.29) is 11.9 Å². The Hall–Kier alpha value is -2.73. The first-order chi connectivity index (χ1) is 12.6. The lowest BCUT2D eigenvalue weighted by Crippen LogP contribution is -2.33. The fraction of sp³-hybridized carbons (Fsp3) is 0.350. The quantitative estimate of drug-likeness (QED) is 0.639. The lowest BCUT2D eigenvalue weighted by Gasteiger charge is -2.15. The zero-order chi connectivity index (χ0) is 18.8. The predicted octanol–water partition coefficient (Wildman–Crippen LogP) is 3.09. The molecule has 0 aliphatic carbocycles. The van der Waals surface area contributed by atoms with E-state index in [0.29, 0.717) is 36.8 Å². The number of anilines is 1. The lowest BCUT2D eigenvalue weighted by molar-refractivity contribution is -0.116. The highest BCUT2D eigenvalue weighted by Gasteiger charge is 2.12.